The van der Waals surface area contributed by atoms with Crippen LogP contribution < -0.4 is 14.8 Å². The van der Waals surface area contributed by atoms with E-state index in [1.807, 2.05) is 41.1 Å². The molecular weight excluding hydrogens is 378 g/mol. The number of ether oxygens (including phenoxy) is 3. The summed E-state index contributed by atoms with van der Waals surface area (Å²) < 4.78 is 18.9. The molecule has 1 atom stereocenters. The fourth-order valence-corrected chi connectivity index (χ4v) is 4.20. The largest absolute Gasteiger partial charge is 0.454 e. The number of nitrogens with zero attached hydrogens (tertiary/aromatic N) is 2. The van der Waals surface area contributed by atoms with E-state index in [2.05, 4.69) is 37.5 Å². The third-order valence-electron chi connectivity index (χ3n) is 5.74. The molecule has 3 aromatic rings. The lowest BCUT2D eigenvalue weighted by Crippen LogP contribution is -2.43. The van der Waals surface area contributed by atoms with Crippen LogP contribution in [0.25, 0.3) is 16.9 Å². The van der Waals surface area contributed by atoms with Gasteiger partial charge in [0.2, 0.25) is 6.79 Å². The van der Waals surface area contributed by atoms with E-state index in [0.29, 0.717) is 6.04 Å². The lowest BCUT2D eigenvalue weighted by molar-refractivity contribution is -0.0630. The van der Waals surface area contributed by atoms with E-state index in [4.69, 9.17) is 19.3 Å². The summed E-state index contributed by atoms with van der Waals surface area (Å²) in [7, 11) is 0. The summed E-state index contributed by atoms with van der Waals surface area (Å²) in [6.07, 6.45) is 4.14. The minimum absolute atomic E-state index is 0.0791. The van der Waals surface area contributed by atoms with E-state index in [9.17, 15) is 0 Å². The zero-order valence-electron chi connectivity index (χ0n) is 17.4. The van der Waals surface area contributed by atoms with Gasteiger partial charge < -0.3 is 19.5 Å². The molecule has 0 radical (unpaired) electrons. The third-order valence-corrected chi connectivity index (χ3v) is 5.74. The maximum absolute atomic E-state index is 5.86. The first-order chi connectivity index (χ1) is 14.6. The van der Waals surface area contributed by atoms with Crippen molar-refractivity contribution >= 4 is 0 Å². The highest BCUT2D eigenvalue weighted by molar-refractivity contribution is 5.67. The third kappa shape index (κ3) is 3.93. The highest BCUT2D eigenvalue weighted by Crippen LogP contribution is 2.36. The van der Waals surface area contributed by atoms with Crippen LogP contribution in [-0.4, -0.2) is 34.8 Å². The fourth-order valence-electron chi connectivity index (χ4n) is 4.20. The van der Waals surface area contributed by atoms with Crippen molar-refractivity contribution in [2.45, 2.75) is 44.9 Å². The number of benzene rings is 2. The Hall–Kier alpha value is -2.83. The first kappa shape index (κ1) is 19.2. The Labute approximate surface area is 176 Å². The van der Waals surface area contributed by atoms with Crippen molar-refractivity contribution in [3.05, 3.63) is 60.3 Å². The standard InChI is InChI=1S/C24H27N3O3/c1-24(2)13-19(10-11-30-24)25-14-18-15-27(20-6-4-3-5-7-20)26-23(18)17-8-9-21-22(12-17)29-16-28-21/h3-9,12,15,19,25H,10-11,13-14,16H2,1-2H3. The van der Waals surface area contributed by atoms with Gasteiger partial charge in [-0.25, -0.2) is 4.68 Å². The number of rotatable bonds is 5. The monoisotopic (exact) mass is 405 g/mol. The van der Waals surface area contributed by atoms with Crippen LogP contribution in [0.4, 0.5) is 0 Å². The second-order valence-corrected chi connectivity index (χ2v) is 8.53. The lowest BCUT2D eigenvalue weighted by atomic mass is 9.94. The highest BCUT2D eigenvalue weighted by atomic mass is 16.7. The van der Waals surface area contributed by atoms with E-state index in [0.717, 1.165) is 60.0 Å². The van der Waals surface area contributed by atoms with E-state index in [1.165, 1.54) is 0 Å². The molecule has 0 bridgehead atoms. The molecule has 6 heteroatoms. The van der Waals surface area contributed by atoms with Crippen LogP contribution >= 0.6 is 0 Å². The second kappa shape index (κ2) is 7.78. The first-order valence-corrected chi connectivity index (χ1v) is 10.5. The molecule has 2 aliphatic heterocycles. The maximum atomic E-state index is 5.86. The molecule has 2 aromatic carbocycles. The second-order valence-electron chi connectivity index (χ2n) is 8.53. The molecule has 5 rings (SSSR count). The van der Waals surface area contributed by atoms with Crippen molar-refractivity contribution < 1.29 is 14.2 Å². The zero-order valence-corrected chi connectivity index (χ0v) is 17.4. The van der Waals surface area contributed by atoms with Gasteiger partial charge in [-0.15, -0.1) is 0 Å². The van der Waals surface area contributed by atoms with Crippen molar-refractivity contribution in [2.75, 3.05) is 13.4 Å². The molecule has 1 fully saturated rings. The quantitative estimate of drug-likeness (QED) is 0.685. The van der Waals surface area contributed by atoms with Crippen molar-refractivity contribution in [1.82, 2.24) is 15.1 Å². The summed E-state index contributed by atoms with van der Waals surface area (Å²) >= 11 is 0. The van der Waals surface area contributed by atoms with Crippen LogP contribution in [0, 0.1) is 0 Å². The molecule has 0 aliphatic carbocycles. The van der Waals surface area contributed by atoms with Crippen molar-refractivity contribution in [1.29, 1.82) is 0 Å². The lowest BCUT2D eigenvalue weighted by Gasteiger charge is -2.36. The average molecular weight is 405 g/mol. The van der Waals surface area contributed by atoms with Crippen molar-refractivity contribution in [2.24, 2.45) is 0 Å². The Bertz CT molecular complexity index is 1030. The Morgan fingerprint density at radius 2 is 1.93 bits per heavy atom. The predicted molar refractivity (Wildman–Crippen MR) is 115 cm³/mol. The summed E-state index contributed by atoms with van der Waals surface area (Å²) in [5, 5.41) is 8.66. The van der Waals surface area contributed by atoms with Gasteiger partial charge in [0.05, 0.1) is 17.0 Å². The molecule has 3 heterocycles. The van der Waals surface area contributed by atoms with Gasteiger partial charge in [0.1, 0.15) is 0 Å². The van der Waals surface area contributed by atoms with Gasteiger partial charge in [-0.3, -0.25) is 0 Å². The van der Waals surface area contributed by atoms with Gasteiger partial charge in [-0.05, 0) is 57.0 Å². The fraction of sp³-hybridized carbons (Fsp3) is 0.375. The number of aromatic nitrogens is 2. The molecule has 6 nitrogen and oxygen atoms in total. The molecule has 1 unspecified atom stereocenters. The number of nitrogens with one attached hydrogen (secondary N) is 1. The van der Waals surface area contributed by atoms with Crippen molar-refractivity contribution in [3.8, 4) is 28.4 Å². The molecule has 0 amide bonds. The minimum atomic E-state index is -0.0791. The van der Waals surface area contributed by atoms with E-state index in [-0.39, 0.29) is 12.4 Å². The maximum Gasteiger partial charge on any atom is 0.231 e. The van der Waals surface area contributed by atoms with E-state index < -0.39 is 0 Å². The molecule has 156 valence electrons. The minimum Gasteiger partial charge on any atom is -0.454 e. The van der Waals surface area contributed by atoms with Crippen LogP contribution in [0.15, 0.2) is 54.7 Å². The van der Waals surface area contributed by atoms with Crippen LogP contribution in [0.3, 0.4) is 0 Å². The predicted octanol–water partition coefficient (Wildman–Crippen LogP) is 4.32. The van der Waals surface area contributed by atoms with Crippen LogP contribution in [0.1, 0.15) is 32.3 Å². The molecule has 1 aromatic heterocycles. The number of hydrogen-bond donors (Lipinski definition) is 1. The van der Waals surface area contributed by atoms with Gasteiger partial charge >= 0.3 is 0 Å². The molecule has 0 saturated carbocycles. The Balaban J connectivity index is 1.45. The number of hydrogen-bond acceptors (Lipinski definition) is 5. The van der Waals surface area contributed by atoms with Gasteiger partial charge in [-0.2, -0.15) is 5.10 Å². The van der Waals surface area contributed by atoms with E-state index in [1.54, 1.807) is 0 Å². The molecular formula is C24H27N3O3. The smallest absolute Gasteiger partial charge is 0.231 e. The highest BCUT2D eigenvalue weighted by Gasteiger charge is 2.29. The number of fused-ring (bicyclic) bond motifs is 1. The Morgan fingerprint density at radius 1 is 1.10 bits per heavy atom. The first-order valence-electron chi connectivity index (χ1n) is 10.5. The van der Waals surface area contributed by atoms with E-state index >= 15 is 0 Å². The van der Waals surface area contributed by atoms with Gasteiger partial charge in [0, 0.05) is 36.5 Å². The average Bonchev–Trinajstić information content (AvgIpc) is 3.38. The summed E-state index contributed by atoms with van der Waals surface area (Å²) in [5.74, 6) is 1.55. The van der Waals surface area contributed by atoms with Crippen LogP contribution in [0.5, 0.6) is 11.5 Å². The zero-order chi connectivity index (χ0) is 20.6. The topological polar surface area (TPSA) is 57.5 Å². The summed E-state index contributed by atoms with van der Waals surface area (Å²) in [6.45, 7) is 6.13. The SMILES string of the molecule is CC1(C)CC(NCc2cn(-c3ccccc3)nc2-c2ccc3c(c2)OCO3)CCO1. The Morgan fingerprint density at radius 3 is 2.77 bits per heavy atom. The molecule has 0 spiro atoms. The van der Waals surface area contributed by atoms with Gasteiger partial charge in [0.15, 0.2) is 11.5 Å². The molecule has 2 aliphatic rings. The van der Waals surface area contributed by atoms with Crippen molar-refractivity contribution in [3.63, 3.8) is 0 Å². The molecule has 1 N–H and O–H groups in total. The number of para-hydroxylation sites is 1. The van der Waals surface area contributed by atoms with Gasteiger partial charge in [-0.1, -0.05) is 18.2 Å². The normalized spacial score (nSPS) is 19.7. The Kier molecular flexibility index (Phi) is 4.97. The molecule has 30 heavy (non-hydrogen) atoms. The summed E-state index contributed by atoms with van der Waals surface area (Å²) in [6, 6.07) is 16.6. The summed E-state index contributed by atoms with van der Waals surface area (Å²) in [4.78, 5) is 0. The van der Waals surface area contributed by atoms with Crippen LogP contribution in [0.2, 0.25) is 0 Å². The summed E-state index contributed by atoms with van der Waals surface area (Å²) in [5.41, 5.74) is 4.10. The van der Waals surface area contributed by atoms with Gasteiger partial charge in [0.25, 0.3) is 0 Å². The molecule has 1 saturated heterocycles. The van der Waals surface area contributed by atoms with Crippen LogP contribution in [-0.2, 0) is 11.3 Å².